The maximum Gasteiger partial charge on any atom is 0.408 e. The molecule has 2 rings (SSSR count). The van der Waals surface area contributed by atoms with E-state index in [1.54, 1.807) is 32.6 Å². The lowest BCUT2D eigenvalue weighted by Crippen LogP contribution is -2.55. The summed E-state index contributed by atoms with van der Waals surface area (Å²) < 4.78 is 5.30. The van der Waals surface area contributed by atoms with Crippen molar-refractivity contribution in [2.45, 2.75) is 110 Å². The van der Waals surface area contributed by atoms with Gasteiger partial charge in [0, 0.05) is 12.1 Å². The van der Waals surface area contributed by atoms with Gasteiger partial charge in [0.2, 0.25) is 11.8 Å². The molecule has 2 N–H and O–H groups in total. The van der Waals surface area contributed by atoms with Crippen molar-refractivity contribution < 1.29 is 19.1 Å². The first-order chi connectivity index (χ1) is 15.4. The molecule has 7 heteroatoms. The summed E-state index contributed by atoms with van der Waals surface area (Å²) in [4.78, 5) is 40.9. The molecule has 0 aromatic heterocycles. The lowest BCUT2D eigenvalue weighted by atomic mass is 9.94. The largest absolute Gasteiger partial charge is 0.444 e. The van der Waals surface area contributed by atoms with Gasteiger partial charge in [0.25, 0.3) is 0 Å². The molecule has 0 spiro atoms. The van der Waals surface area contributed by atoms with Gasteiger partial charge in [0.1, 0.15) is 17.7 Å². The van der Waals surface area contributed by atoms with Crippen LogP contribution >= 0.6 is 0 Å². The summed E-state index contributed by atoms with van der Waals surface area (Å²) in [7, 11) is 0. The monoisotopic (exact) mass is 459 g/mol. The first-order valence-corrected chi connectivity index (χ1v) is 12.1. The van der Waals surface area contributed by atoms with Crippen LogP contribution in [0.4, 0.5) is 4.79 Å². The fourth-order valence-electron chi connectivity index (χ4n) is 4.16. The first-order valence-electron chi connectivity index (χ1n) is 12.1. The molecular formula is C26H41N3O4. The van der Waals surface area contributed by atoms with Gasteiger partial charge in [-0.05, 0) is 66.9 Å². The van der Waals surface area contributed by atoms with Gasteiger partial charge in [0.05, 0.1) is 0 Å². The Kier molecular flexibility index (Phi) is 9.32. The Hall–Kier alpha value is -2.57. The predicted molar refractivity (Wildman–Crippen MR) is 130 cm³/mol. The lowest BCUT2D eigenvalue weighted by molar-refractivity contribution is -0.144. The number of carbonyl (C=O) groups excluding carboxylic acids is 3. The van der Waals surface area contributed by atoms with Crippen molar-refractivity contribution in [1.29, 1.82) is 0 Å². The fourth-order valence-corrected chi connectivity index (χ4v) is 4.16. The van der Waals surface area contributed by atoms with Crippen LogP contribution in [0.1, 0.15) is 90.8 Å². The van der Waals surface area contributed by atoms with Crippen LogP contribution in [0.15, 0.2) is 24.3 Å². The maximum absolute atomic E-state index is 13.6. The Morgan fingerprint density at radius 2 is 1.58 bits per heavy atom. The van der Waals surface area contributed by atoms with E-state index < -0.39 is 23.8 Å². The zero-order valence-corrected chi connectivity index (χ0v) is 21.2. The van der Waals surface area contributed by atoms with Crippen LogP contribution < -0.4 is 10.6 Å². The summed E-state index contributed by atoms with van der Waals surface area (Å²) in [5, 5.41) is 5.81. The lowest BCUT2D eigenvalue weighted by Gasteiger charge is -2.37. The van der Waals surface area contributed by atoms with Gasteiger partial charge in [0.15, 0.2) is 0 Å². The van der Waals surface area contributed by atoms with Gasteiger partial charge in [-0.1, -0.05) is 49.1 Å². The van der Waals surface area contributed by atoms with E-state index in [0.717, 1.165) is 36.8 Å². The molecule has 1 aliphatic rings. The molecule has 1 saturated carbocycles. The molecule has 33 heavy (non-hydrogen) atoms. The number of hydrogen-bond acceptors (Lipinski definition) is 4. The molecule has 0 aliphatic heterocycles. The van der Waals surface area contributed by atoms with Crippen LogP contribution in [-0.4, -0.2) is 46.5 Å². The van der Waals surface area contributed by atoms with E-state index in [1.807, 2.05) is 45.0 Å². The summed E-state index contributed by atoms with van der Waals surface area (Å²) in [6.45, 7) is 12.7. The summed E-state index contributed by atoms with van der Waals surface area (Å²) in [5.74, 6) is -0.516. The number of nitrogens with one attached hydrogen (secondary N) is 2. The number of amides is 3. The van der Waals surface area contributed by atoms with Crippen LogP contribution in [0.5, 0.6) is 0 Å². The fraction of sp³-hybridized carbons (Fsp3) is 0.654. The third kappa shape index (κ3) is 8.06. The Bertz CT molecular complexity index is 808. The summed E-state index contributed by atoms with van der Waals surface area (Å²) >= 11 is 0. The molecule has 0 saturated heterocycles. The summed E-state index contributed by atoms with van der Waals surface area (Å²) in [6, 6.07) is 5.91. The molecule has 0 heterocycles. The topological polar surface area (TPSA) is 87.7 Å². The molecule has 1 fully saturated rings. The van der Waals surface area contributed by atoms with E-state index in [9.17, 15) is 14.4 Å². The Morgan fingerprint density at radius 1 is 1.00 bits per heavy atom. The highest BCUT2D eigenvalue weighted by molar-refractivity contribution is 5.92. The highest BCUT2D eigenvalue weighted by Crippen LogP contribution is 2.27. The molecular weight excluding hydrogens is 418 g/mol. The van der Waals surface area contributed by atoms with Crippen LogP contribution in [0, 0.1) is 6.92 Å². The molecule has 1 aliphatic carbocycles. The number of ether oxygens (including phenoxy) is 1. The van der Waals surface area contributed by atoms with Gasteiger partial charge in [-0.3, -0.25) is 9.59 Å². The Morgan fingerprint density at radius 3 is 2.09 bits per heavy atom. The number of carbonyl (C=O) groups is 3. The van der Waals surface area contributed by atoms with Crippen LogP contribution in [-0.2, 0) is 14.3 Å². The summed E-state index contributed by atoms with van der Waals surface area (Å²) in [6.07, 6.45) is 4.65. The second-order valence-corrected chi connectivity index (χ2v) is 10.4. The molecule has 2 atom stereocenters. The van der Waals surface area contributed by atoms with Crippen molar-refractivity contribution in [1.82, 2.24) is 15.5 Å². The van der Waals surface area contributed by atoms with Crippen molar-refractivity contribution in [3.8, 4) is 0 Å². The average molecular weight is 460 g/mol. The molecule has 0 radical (unpaired) electrons. The van der Waals surface area contributed by atoms with E-state index in [0.29, 0.717) is 0 Å². The van der Waals surface area contributed by atoms with Gasteiger partial charge >= 0.3 is 6.09 Å². The minimum Gasteiger partial charge on any atom is -0.444 e. The molecule has 2 unspecified atom stereocenters. The average Bonchev–Trinajstić information content (AvgIpc) is 2.71. The minimum atomic E-state index is -0.849. The van der Waals surface area contributed by atoms with Gasteiger partial charge < -0.3 is 20.3 Å². The van der Waals surface area contributed by atoms with Gasteiger partial charge in [-0.15, -0.1) is 0 Å². The number of benzene rings is 1. The molecule has 184 valence electrons. The van der Waals surface area contributed by atoms with E-state index in [2.05, 4.69) is 10.6 Å². The van der Waals surface area contributed by atoms with E-state index in [4.69, 9.17) is 4.74 Å². The van der Waals surface area contributed by atoms with E-state index in [1.165, 1.54) is 6.42 Å². The molecule has 0 bridgehead atoms. The standard InChI is InChI=1S/C26H41N3O4/c1-17(2)29(24(31)19(4)27-25(32)33-26(5,6)7)22(20-15-13-18(3)14-16-20)23(30)28-21-11-9-8-10-12-21/h13-17,19,21-22H,8-12H2,1-7H3,(H,27,32)(H,28,30). The zero-order valence-electron chi connectivity index (χ0n) is 21.2. The summed E-state index contributed by atoms with van der Waals surface area (Å²) in [5.41, 5.74) is 1.16. The smallest absolute Gasteiger partial charge is 0.408 e. The SMILES string of the molecule is Cc1ccc(C(C(=O)NC2CCCCC2)N(C(=O)C(C)NC(=O)OC(C)(C)C)C(C)C)cc1. The number of rotatable bonds is 7. The third-order valence-electron chi connectivity index (χ3n) is 5.79. The first kappa shape index (κ1) is 26.7. The molecule has 7 nitrogen and oxygen atoms in total. The predicted octanol–water partition coefficient (Wildman–Crippen LogP) is 4.64. The Balaban J connectivity index is 2.31. The van der Waals surface area contributed by atoms with E-state index >= 15 is 0 Å². The Labute approximate surface area is 198 Å². The number of alkyl carbamates (subject to hydrolysis) is 1. The van der Waals surface area contributed by atoms with Crippen molar-refractivity contribution in [3.63, 3.8) is 0 Å². The molecule has 1 aromatic carbocycles. The van der Waals surface area contributed by atoms with Crippen LogP contribution in [0.25, 0.3) is 0 Å². The maximum atomic E-state index is 13.6. The number of hydrogen-bond donors (Lipinski definition) is 2. The zero-order chi connectivity index (χ0) is 24.8. The van der Waals surface area contributed by atoms with Crippen LogP contribution in [0.2, 0.25) is 0 Å². The van der Waals surface area contributed by atoms with Crippen molar-refractivity contribution >= 4 is 17.9 Å². The van der Waals surface area contributed by atoms with Crippen molar-refractivity contribution in [3.05, 3.63) is 35.4 Å². The van der Waals surface area contributed by atoms with E-state index in [-0.39, 0.29) is 23.9 Å². The molecule has 1 aromatic rings. The normalized spacial score (nSPS) is 16.6. The number of aryl methyl sites for hydroxylation is 1. The van der Waals surface area contributed by atoms with Gasteiger partial charge in [-0.25, -0.2) is 4.79 Å². The second-order valence-electron chi connectivity index (χ2n) is 10.4. The number of nitrogens with zero attached hydrogens (tertiary/aromatic N) is 1. The highest BCUT2D eigenvalue weighted by atomic mass is 16.6. The second kappa shape index (κ2) is 11.5. The quantitative estimate of drug-likeness (QED) is 0.622. The van der Waals surface area contributed by atoms with Gasteiger partial charge in [-0.2, -0.15) is 0 Å². The third-order valence-corrected chi connectivity index (χ3v) is 5.79. The van der Waals surface area contributed by atoms with Crippen LogP contribution in [0.3, 0.4) is 0 Å². The molecule has 3 amide bonds. The minimum absolute atomic E-state index is 0.126. The van der Waals surface area contributed by atoms with Crippen molar-refractivity contribution in [2.75, 3.05) is 0 Å². The van der Waals surface area contributed by atoms with Crippen molar-refractivity contribution in [2.24, 2.45) is 0 Å². The highest BCUT2D eigenvalue weighted by Gasteiger charge is 2.37.